The lowest BCUT2D eigenvalue weighted by Crippen LogP contribution is -2.47. The number of rotatable bonds is 8. The smallest absolute Gasteiger partial charge is 0.253 e. The zero-order valence-corrected chi connectivity index (χ0v) is 21.9. The molecule has 0 radical (unpaired) electrons. The third-order valence-electron chi connectivity index (χ3n) is 7.97. The summed E-state index contributed by atoms with van der Waals surface area (Å²) in [5.74, 6) is -0.0538. The molecule has 2 N–H and O–H groups in total. The van der Waals surface area contributed by atoms with Gasteiger partial charge >= 0.3 is 0 Å². The van der Waals surface area contributed by atoms with E-state index in [1.54, 1.807) is 41.3 Å². The highest BCUT2D eigenvalue weighted by molar-refractivity contribution is 5.96. The molecule has 4 amide bonds. The van der Waals surface area contributed by atoms with Gasteiger partial charge in [-0.3, -0.25) is 19.2 Å². The molecule has 8 nitrogen and oxygen atoms in total. The second kappa shape index (κ2) is 11.4. The van der Waals surface area contributed by atoms with Crippen LogP contribution in [0, 0.1) is 11.8 Å². The maximum absolute atomic E-state index is 12.9. The van der Waals surface area contributed by atoms with Gasteiger partial charge in [-0.1, -0.05) is 18.6 Å². The fraction of sp³-hybridized carbons (Fsp3) is 0.467. The zero-order valence-electron chi connectivity index (χ0n) is 21.9. The van der Waals surface area contributed by atoms with Crippen molar-refractivity contribution in [3.63, 3.8) is 0 Å². The van der Waals surface area contributed by atoms with Crippen LogP contribution in [0.4, 0.5) is 11.4 Å². The molecule has 8 heteroatoms. The lowest BCUT2D eigenvalue weighted by atomic mass is 9.83. The lowest BCUT2D eigenvalue weighted by Gasteiger charge is -2.36. The molecule has 2 saturated carbocycles. The Morgan fingerprint density at radius 2 is 1.45 bits per heavy atom. The Morgan fingerprint density at radius 1 is 0.816 bits per heavy atom. The summed E-state index contributed by atoms with van der Waals surface area (Å²) in [5.41, 5.74) is 2.76. The summed E-state index contributed by atoms with van der Waals surface area (Å²) < 4.78 is 0. The molecule has 2 aliphatic carbocycles. The number of hydrogen-bond acceptors (Lipinski definition) is 4. The zero-order chi connectivity index (χ0) is 26.6. The van der Waals surface area contributed by atoms with Crippen molar-refractivity contribution in [3.8, 4) is 0 Å². The van der Waals surface area contributed by atoms with Crippen LogP contribution in [0.15, 0.2) is 48.5 Å². The molecule has 2 aromatic rings. The Bertz CT molecular complexity index is 1190. The molecule has 0 aromatic heterocycles. The van der Waals surface area contributed by atoms with E-state index in [1.165, 1.54) is 0 Å². The minimum atomic E-state index is -0.200. The van der Waals surface area contributed by atoms with Gasteiger partial charge < -0.3 is 20.4 Å². The van der Waals surface area contributed by atoms with E-state index >= 15 is 0 Å². The Hall–Kier alpha value is -3.68. The van der Waals surface area contributed by atoms with Crippen molar-refractivity contribution in [1.29, 1.82) is 0 Å². The van der Waals surface area contributed by atoms with Gasteiger partial charge in [0.2, 0.25) is 17.7 Å². The monoisotopic (exact) mass is 516 g/mol. The fourth-order valence-corrected chi connectivity index (χ4v) is 5.17. The number of carbonyl (C=O) groups is 4. The van der Waals surface area contributed by atoms with Crippen molar-refractivity contribution in [1.82, 2.24) is 9.80 Å². The van der Waals surface area contributed by atoms with Crippen molar-refractivity contribution < 1.29 is 19.2 Å². The summed E-state index contributed by atoms with van der Waals surface area (Å²) in [5, 5.41) is 5.85. The fourth-order valence-electron chi connectivity index (χ4n) is 5.17. The molecule has 1 heterocycles. The number of hydrogen-bond donors (Lipinski definition) is 2. The van der Waals surface area contributed by atoms with Crippen molar-refractivity contribution in [2.75, 3.05) is 30.8 Å². The van der Waals surface area contributed by atoms with E-state index in [9.17, 15) is 19.2 Å². The van der Waals surface area contributed by atoms with Gasteiger partial charge in [0, 0.05) is 49.0 Å². The molecule has 2 aromatic carbocycles. The molecule has 1 saturated heterocycles. The molecular weight excluding hydrogens is 480 g/mol. The number of likely N-dealkylation sites (tertiary alicyclic amines) is 1. The SMILES string of the molecule is CN(C(=O)c1ccc(NC(=O)Cc2ccc(NC(=O)C3CCCN(C(=O)C4CCC4)C3)cc2)cc1)C1CC1. The van der Waals surface area contributed by atoms with Gasteiger partial charge in [0.25, 0.3) is 5.91 Å². The van der Waals surface area contributed by atoms with Crippen LogP contribution in [0.1, 0.15) is 60.9 Å². The van der Waals surface area contributed by atoms with E-state index in [-0.39, 0.29) is 41.9 Å². The summed E-state index contributed by atoms with van der Waals surface area (Å²) in [7, 11) is 1.83. The summed E-state index contributed by atoms with van der Waals surface area (Å²) >= 11 is 0. The first kappa shape index (κ1) is 25.9. The van der Waals surface area contributed by atoms with Crippen molar-refractivity contribution >= 4 is 35.0 Å². The summed E-state index contributed by atoms with van der Waals surface area (Å²) in [6.45, 7) is 1.24. The number of anilines is 2. The predicted molar refractivity (Wildman–Crippen MR) is 146 cm³/mol. The first-order valence-corrected chi connectivity index (χ1v) is 13.7. The maximum Gasteiger partial charge on any atom is 0.253 e. The summed E-state index contributed by atoms with van der Waals surface area (Å²) in [4.78, 5) is 54.1. The van der Waals surface area contributed by atoms with E-state index in [0.717, 1.165) is 57.1 Å². The van der Waals surface area contributed by atoms with Crippen LogP contribution in [-0.2, 0) is 20.8 Å². The molecule has 1 aliphatic heterocycles. The topological polar surface area (TPSA) is 98.8 Å². The molecule has 3 fully saturated rings. The highest BCUT2D eigenvalue weighted by Gasteiger charge is 2.34. The van der Waals surface area contributed by atoms with Crippen molar-refractivity contribution in [3.05, 3.63) is 59.7 Å². The number of nitrogens with one attached hydrogen (secondary N) is 2. The molecule has 3 aliphatic rings. The number of piperidine rings is 1. The Labute approximate surface area is 223 Å². The number of carbonyl (C=O) groups excluding carboxylic acids is 4. The molecule has 1 atom stereocenters. The normalized spacial score (nSPS) is 19.3. The van der Waals surface area contributed by atoms with Crippen LogP contribution < -0.4 is 10.6 Å². The van der Waals surface area contributed by atoms with Gasteiger partial charge in [-0.2, -0.15) is 0 Å². The van der Waals surface area contributed by atoms with Crippen LogP contribution >= 0.6 is 0 Å². The third kappa shape index (κ3) is 6.23. The standard InChI is InChI=1S/C30H36N4O4/c1-33(26-15-16-26)29(37)22-9-13-24(14-10-22)31-27(35)18-20-7-11-25(12-8-20)32-28(36)23-6-3-17-34(19-23)30(38)21-4-2-5-21/h7-14,21,23,26H,2-6,15-19H2,1H3,(H,31,35)(H,32,36). The van der Waals surface area contributed by atoms with E-state index < -0.39 is 0 Å². The maximum atomic E-state index is 12.9. The molecule has 200 valence electrons. The number of amides is 4. The Balaban J connectivity index is 1.08. The average molecular weight is 517 g/mol. The van der Waals surface area contributed by atoms with E-state index in [2.05, 4.69) is 10.6 Å². The number of nitrogens with zero attached hydrogens (tertiary/aromatic N) is 2. The van der Waals surface area contributed by atoms with Crippen molar-refractivity contribution in [2.24, 2.45) is 11.8 Å². The van der Waals surface area contributed by atoms with Crippen LogP contribution in [-0.4, -0.2) is 59.6 Å². The second-order valence-electron chi connectivity index (χ2n) is 10.9. The highest BCUT2D eigenvalue weighted by Crippen LogP contribution is 2.30. The van der Waals surface area contributed by atoms with Crippen LogP contribution in [0.5, 0.6) is 0 Å². The quantitative estimate of drug-likeness (QED) is 0.552. The van der Waals surface area contributed by atoms with Crippen LogP contribution in [0.25, 0.3) is 0 Å². The van der Waals surface area contributed by atoms with E-state index in [0.29, 0.717) is 29.5 Å². The third-order valence-corrected chi connectivity index (χ3v) is 7.97. The largest absolute Gasteiger partial charge is 0.342 e. The summed E-state index contributed by atoms with van der Waals surface area (Å²) in [6, 6.07) is 14.6. The summed E-state index contributed by atoms with van der Waals surface area (Å²) in [6.07, 6.45) is 7.02. The molecule has 0 spiro atoms. The van der Waals surface area contributed by atoms with Gasteiger partial charge in [-0.15, -0.1) is 0 Å². The minimum absolute atomic E-state index is 0.000486. The first-order valence-electron chi connectivity index (χ1n) is 13.7. The van der Waals surface area contributed by atoms with Crippen LogP contribution in [0.3, 0.4) is 0 Å². The first-order chi connectivity index (χ1) is 18.4. The predicted octanol–water partition coefficient (Wildman–Crippen LogP) is 4.08. The Kier molecular flexibility index (Phi) is 7.77. The Morgan fingerprint density at radius 3 is 2.08 bits per heavy atom. The van der Waals surface area contributed by atoms with E-state index in [4.69, 9.17) is 0 Å². The lowest BCUT2D eigenvalue weighted by molar-refractivity contribution is -0.141. The molecule has 0 bridgehead atoms. The molecular formula is C30H36N4O4. The van der Waals surface area contributed by atoms with Gasteiger partial charge in [-0.05, 0) is 80.5 Å². The van der Waals surface area contributed by atoms with Gasteiger partial charge in [0.15, 0.2) is 0 Å². The van der Waals surface area contributed by atoms with Gasteiger partial charge in [0.05, 0.1) is 12.3 Å². The van der Waals surface area contributed by atoms with Gasteiger partial charge in [-0.25, -0.2) is 0 Å². The highest BCUT2D eigenvalue weighted by atomic mass is 16.2. The van der Waals surface area contributed by atoms with Gasteiger partial charge in [0.1, 0.15) is 0 Å². The van der Waals surface area contributed by atoms with Crippen LogP contribution in [0.2, 0.25) is 0 Å². The van der Waals surface area contributed by atoms with Crippen molar-refractivity contribution in [2.45, 2.75) is 57.4 Å². The molecule has 38 heavy (non-hydrogen) atoms. The van der Waals surface area contributed by atoms with E-state index in [1.807, 2.05) is 24.1 Å². The number of benzene rings is 2. The minimum Gasteiger partial charge on any atom is -0.342 e. The average Bonchev–Trinajstić information content (AvgIpc) is 3.74. The molecule has 1 unspecified atom stereocenters. The second-order valence-corrected chi connectivity index (χ2v) is 10.9. The molecule has 5 rings (SSSR count).